The average Bonchev–Trinajstić information content (AvgIpc) is 3.51. The van der Waals surface area contributed by atoms with Crippen molar-refractivity contribution in [3.05, 3.63) is 35.2 Å². The molecule has 0 atom stereocenters. The fraction of sp³-hybridized carbons (Fsp3) is 0.407. The first-order chi connectivity index (χ1) is 18.4. The van der Waals surface area contributed by atoms with E-state index in [2.05, 4.69) is 5.32 Å². The standard InChI is InChI=1S/C27H31NO9S/c1-4-33-23(30)11-8-14-36-19-10-7-9-17-15-20(37-25(17)19)21-16-18(26(38-21)27(32)35-6-3)28-22(29)12-13-24(31)34-5-2/h7,9-10,15-16H,4-6,8,11-14H2,1-3H3,(H,28,29). The van der Waals surface area contributed by atoms with Gasteiger partial charge < -0.3 is 28.7 Å². The van der Waals surface area contributed by atoms with Crippen molar-refractivity contribution in [1.82, 2.24) is 0 Å². The van der Waals surface area contributed by atoms with Gasteiger partial charge in [0.1, 0.15) is 10.6 Å². The summed E-state index contributed by atoms with van der Waals surface area (Å²) in [6.07, 6.45) is 0.592. The molecule has 10 nitrogen and oxygen atoms in total. The Bertz CT molecular complexity index is 1280. The molecule has 0 saturated carbocycles. The first kappa shape index (κ1) is 28.7. The van der Waals surface area contributed by atoms with Gasteiger partial charge in [-0.1, -0.05) is 12.1 Å². The van der Waals surface area contributed by atoms with E-state index in [9.17, 15) is 19.2 Å². The average molecular weight is 546 g/mol. The van der Waals surface area contributed by atoms with Crippen molar-refractivity contribution < 1.29 is 42.5 Å². The first-order valence-electron chi connectivity index (χ1n) is 12.4. The fourth-order valence-electron chi connectivity index (χ4n) is 3.52. The van der Waals surface area contributed by atoms with E-state index in [4.69, 9.17) is 23.4 Å². The summed E-state index contributed by atoms with van der Waals surface area (Å²) in [5.41, 5.74) is 0.790. The highest BCUT2D eigenvalue weighted by Gasteiger charge is 2.22. The Morgan fingerprint density at radius 3 is 2.32 bits per heavy atom. The maximum Gasteiger partial charge on any atom is 0.350 e. The highest BCUT2D eigenvalue weighted by Crippen LogP contribution is 2.40. The minimum Gasteiger partial charge on any atom is -0.490 e. The number of esters is 3. The largest absolute Gasteiger partial charge is 0.490 e. The topological polar surface area (TPSA) is 130 Å². The number of benzene rings is 1. The van der Waals surface area contributed by atoms with E-state index in [1.54, 1.807) is 32.9 Å². The van der Waals surface area contributed by atoms with Gasteiger partial charge in [-0.05, 0) is 45.4 Å². The summed E-state index contributed by atoms with van der Waals surface area (Å²) in [7, 11) is 0. The van der Waals surface area contributed by atoms with Crippen LogP contribution in [0.1, 0.15) is 56.1 Å². The number of anilines is 1. The zero-order valence-electron chi connectivity index (χ0n) is 21.6. The monoisotopic (exact) mass is 545 g/mol. The number of thiophene rings is 1. The Morgan fingerprint density at radius 1 is 0.895 bits per heavy atom. The molecule has 2 heterocycles. The van der Waals surface area contributed by atoms with Crippen LogP contribution in [0.25, 0.3) is 21.6 Å². The molecule has 0 fully saturated rings. The normalized spacial score (nSPS) is 10.7. The molecule has 1 amide bonds. The quantitative estimate of drug-likeness (QED) is 0.162. The molecule has 0 saturated heterocycles. The van der Waals surface area contributed by atoms with Gasteiger partial charge >= 0.3 is 17.9 Å². The van der Waals surface area contributed by atoms with Crippen LogP contribution in [0.15, 0.2) is 34.7 Å². The Hall–Kier alpha value is -3.86. The van der Waals surface area contributed by atoms with Crippen LogP contribution in [-0.2, 0) is 28.6 Å². The third-order valence-electron chi connectivity index (χ3n) is 5.17. The number of fused-ring (bicyclic) bond motifs is 1. The molecule has 204 valence electrons. The van der Waals surface area contributed by atoms with E-state index < -0.39 is 17.8 Å². The maximum atomic E-state index is 12.6. The Balaban J connectivity index is 1.79. The molecule has 0 bridgehead atoms. The lowest BCUT2D eigenvalue weighted by Crippen LogP contribution is -2.16. The number of ether oxygens (including phenoxy) is 4. The van der Waals surface area contributed by atoms with Gasteiger partial charge in [0, 0.05) is 18.2 Å². The number of hydrogen-bond donors (Lipinski definition) is 1. The molecule has 3 aromatic rings. The number of rotatable bonds is 14. The summed E-state index contributed by atoms with van der Waals surface area (Å²) in [5, 5.41) is 3.48. The molecular formula is C27H31NO9S. The second kappa shape index (κ2) is 14.2. The molecule has 0 aliphatic rings. The molecule has 0 aliphatic carbocycles. The van der Waals surface area contributed by atoms with Gasteiger partial charge in [0.05, 0.1) is 43.4 Å². The molecule has 1 aromatic carbocycles. The van der Waals surface area contributed by atoms with Gasteiger partial charge in [0.25, 0.3) is 0 Å². The minimum absolute atomic E-state index is 0.0719. The fourth-order valence-corrected chi connectivity index (χ4v) is 4.48. The van der Waals surface area contributed by atoms with Crippen molar-refractivity contribution in [1.29, 1.82) is 0 Å². The minimum atomic E-state index is -0.578. The second-order valence-corrected chi connectivity index (χ2v) is 9.02. The van der Waals surface area contributed by atoms with Gasteiger partial charge in [-0.25, -0.2) is 4.79 Å². The molecule has 0 spiro atoms. The summed E-state index contributed by atoms with van der Waals surface area (Å²) < 4.78 is 26.9. The third-order valence-corrected chi connectivity index (χ3v) is 6.30. The van der Waals surface area contributed by atoms with Crippen LogP contribution >= 0.6 is 11.3 Å². The van der Waals surface area contributed by atoms with Gasteiger partial charge in [-0.2, -0.15) is 0 Å². The van der Waals surface area contributed by atoms with Crippen molar-refractivity contribution in [3.8, 4) is 16.4 Å². The zero-order chi connectivity index (χ0) is 27.5. The van der Waals surface area contributed by atoms with Gasteiger partial charge in [-0.15, -0.1) is 11.3 Å². The lowest BCUT2D eigenvalue weighted by Gasteiger charge is -2.06. The number of nitrogens with one attached hydrogen (secondary N) is 1. The Morgan fingerprint density at radius 2 is 1.61 bits per heavy atom. The van der Waals surface area contributed by atoms with Crippen molar-refractivity contribution >= 4 is 51.8 Å². The second-order valence-electron chi connectivity index (χ2n) is 7.97. The SMILES string of the molecule is CCOC(=O)CCCOc1cccc2cc(-c3cc(NC(=O)CCC(=O)OCC)c(C(=O)OCC)s3)oc12. The van der Waals surface area contributed by atoms with Crippen LogP contribution < -0.4 is 10.1 Å². The number of hydrogen-bond acceptors (Lipinski definition) is 10. The van der Waals surface area contributed by atoms with E-state index in [0.717, 1.165) is 16.7 Å². The molecule has 0 aliphatic heterocycles. The van der Waals surface area contributed by atoms with E-state index in [1.807, 2.05) is 18.2 Å². The number of carbonyl (C=O) groups excluding carboxylic acids is 4. The summed E-state index contributed by atoms with van der Waals surface area (Å²) in [6.45, 7) is 6.20. The molecule has 1 N–H and O–H groups in total. The summed E-state index contributed by atoms with van der Waals surface area (Å²) >= 11 is 1.12. The van der Waals surface area contributed by atoms with E-state index in [0.29, 0.717) is 41.6 Å². The van der Waals surface area contributed by atoms with Crippen molar-refractivity contribution in [3.63, 3.8) is 0 Å². The van der Waals surface area contributed by atoms with Crippen LogP contribution in [-0.4, -0.2) is 50.2 Å². The number of amides is 1. The van der Waals surface area contributed by atoms with Gasteiger partial charge in [0.2, 0.25) is 5.91 Å². The molecule has 2 aromatic heterocycles. The Labute approximate surface area is 224 Å². The molecule has 3 rings (SSSR count). The van der Waals surface area contributed by atoms with Crippen LogP contribution in [0.5, 0.6) is 5.75 Å². The first-order valence-corrected chi connectivity index (χ1v) is 13.3. The van der Waals surface area contributed by atoms with Crippen LogP contribution in [0.2, 0.25) is 0 Å². The molecular weight excluding hydrogens is 514 g/mol. The zero-order valence-corrected chi connectivity index (χ0v) is 22.4. The summed E-state index contributed by atoms with van der Waals surface area (Å²) in [4.78, 5) is 49.0. The third kappa shape index (κ3) is 7.82. The number of carbonyl (C=O) groups is 4. The van der Waals surface area contributed by atoms with Crippen molar-refractivity contribution in [2.75, 3.05) is 31.7 Å². The van der Waals surface area contributed by atoms with E-state index in [1.165, 1.54) is 0 Å². The van der Waals surface area contributed by atoms with Crippen LogP contribution in [0, 0.1) is 0 Å². The van der Waals surface area contributed by atoms with Crippen LogP contribution in [0.4, 0.5) is 5.69 Å². The van der Waals surface area contributed by atoms with Crippen molar-refractivity contribution in [2.45, 2.75) is 46.5 Å². The van der Waals surface area contributed by atoms with Crippen molar-refractivity contribution in [2.24, 2.45) is 0 Å². The molecule has 38 heavy (non-hydrogen) atoms. The summed E-state index contributed by atoms with van der Waals surface area (Å²) in [6, 6.07) is 8.92. The van der Waals surface area contributed by atoms with Gasteiger partial charge in [-0.3, -0.25) is 14.4 Å². The smallest absolute Gasteiger partial charge is 0.350 e. The van der Waals surface area contributed by atoms with E-state index in [-0.39, 0.29) is 49.0 Å². The molecule has 0 radical (unpaired) electrons. The van der Waals surface area contributed by atoms with E-state index >= 15 is 0 Å². The lowest BCUT2D eigenvalue weighted by atomic mass is 10.2. The highest BCUT2D eigenvalue weighted by atomic mass is 32.1. The van der Waals surface area contributed by atoms with Crippen LogP contribution in [0.3, 0.4) is 0 Å². The number of furan rings is 1. The predicted octanol–water partition coefficient (Wildman–Crippen LogP) is 5.34. The van der Waals surface area contributed by atoms with Gasteiger partial charge in [0.15, 0.2) is 11.3 Å². The lowest BCUT2D eigenvalue weighted by molar-refractivity contribution is -0.144. The molecule has 11 heteroatoms. The predicted molar refractivity (Wildman–Crippen MR) is 141 cm³/mol. The number of para-hydroxylation sites is 1. The highest BCUT2D eigenvalue weighted by molar-refractivity contribution is 7.18. The summed E-state index contributed by atoms with van der Waals surface area (Å²) in [5.74, 6) is -0.756. The Kier molecular flexibility index (Phi) is 10.7. The molecule has 0 unspecified atom stereocenters. The maximum absolute atomic E-state index is 12.6.